The number of hydrogen-bond donors (Lipinski definition) is 1. The number of benzene rings is 2. The first kappa shape index (κ1) is 15.6. The summed E-state index contributed by atoms with van der Waals surface area (Å²) in [5.41, 5.74) is 2.39. The molecular weight excluding hydrogens is 282 g/mol. The van der Waals surface area contributed by atoms with Crippen LogP contribution < -0.4 is 10.1 Å². The van der Waals surface area contributed by atoms with Crippen molar-refractivity contribution < 1.29 is 4.74 Å². The minimum absolute atomic E-state index is 0.766. The maximum atomic E-state index is 5.85. The van der Waals surface area contributed by atoms with E-state index in [1.165, 1.54) is 5.56 Å². The molecule has 2 aromatic carbocycles. The van der Waals surface area contributed by atoms with Crippen LogP contribution >= 0.6 is 11.6 Å². The van der Waals surface area contributed by atoms with E-state index in [-0.39, 0.29) is 0 Å². The van der Waals surface area contributed by atoms with Crippen LogP contribution in [0.2, 0.25) is 5.02 Å². The van der Waals surface area contributed by atoms with Crippen LogP contribution in [0.5, 0.6) is 5.75 Å². The fourth-order valence-electron chi connectivity index (χ4n) is 2.09. The molecule has 21 heavy (non-hydrogen) atoms. The Morgan fingerprint density at radius 2 is 1.86 bits per heavy atom. The van der Waals surface area contributed by atoms with E-state index in [0.29, 0.717) is 0 Å². The molecule has 0 amide bonds. The Bertz CT molecular complexity index is 578. The highest BCUT2D eigenvalue weighted by atomic mass is 35.5. The van der Waals surface area contributed by atoms with E-state index in [0.717, 1.165) is 35.8 Å². The molecule has 1 N–H and O–H groups in total. The number of nitrogens with one attached hydrogen (secondary N) is 1. The van der Waals surface area contributed by atoms with Crippen molar-refractivity contribution in [2.45, 2.75) is 6.42 Å². The number of hydrogen-bond acceptors (Lipinski definition) is 2. The minimum Gasteiger partial charge on any atom is -0.496 e. The Balaban J connectivity index is 1.71. The summed E-state index contributed by atoms with van der Waals surface area (Å²) in [6.07, 6.45) is 5.16. The Hall–Kier alpha value is -1.77. The number of para-hydroxylation sites is 1. The maximum Gasteiger partial charge on any atom is 0.122 e. The lowest BCUT2D eigenvalue weighted by molar-refractivity contribution is 0.409. The number of halogens is 1. The highest BCUT2D eigenvalue weighted by molar-refractivity contribution is 6.30. The molecule has 2 aromatic rings. The second kappa shape index (κ2) is 8.50. The normalized spacial score (nSPS) is 11.0. The second-order valence-electron chi connectivity index (χ2n) is 4.72. The summed E-state index contributed by atoms with van der Waals surface area (Å²) in [5, 5.41) is 4.16. The quantitative estimate of drug-likeness (QED) is 0.774. The molecule has 0 aromatic heterocycles. The fraction of sp³-hybridized carbons (Fsp3) is 0.222. The minimum atomic E-state index is 0.766. The van der Waals surface area contributed by atoms with Crippen molar-refractivity contribution in [3.05, 3.63) is 70.8 Å². The standard InChI is InChI=1S/C18H20ClNO/c1-21-18-7-3-2-6-16(18)12-14-20-13-4-5-15-8-10-17(19)11-9-15/h2-11,20H,12-14H2,1H3/b5-4+. The van der Waals surface area contributed by atoms with Gasteiger partial charge in [-0.2, -0.15) is 0 Å². The van der Waals surface area contributed by atoms with Crippen LogP contribution in [0, 0.1) is 0 Å². The zero-order chi connectivity index (χ0) is 14.9. The maximum absolute atomic E-state index is 5.85. The summed E-state index contributed by atoms with van der Waals surface area (Å²) in [6, 6.07) is 15.9. The van der Waals surface area contributed by atoms with E-state index in [2.05, 4.69) is 23.5 Å². The molecule has 0 aliphatic heterocycles. The van der Waals surface area contributed by atoms with Crippen molar-refractivity contribution in [2.75, 3.05) is 20.2 Å². The molecule has 3 heteroatoms. The number of methoxy groups -OCH3 is 1. The van der Waals surface area contributed by atoms with Gasteiger partial charge >= 0.3 is 0 Å². The first-order valence-corrected chi connectivity index (χ1v) is 7.42. The van der Waals surface area contributed by atoms with Gasteiger partial charge in [0.05, 0.1) is 7.11 Å². The van der Waals surface area contributed by atoms with Gasteiger partial charge in [-0.15, -0.1) is 0 Å². The van der Waals surface area contributed by atoms with E-state index in [9.17, 15) is 0 Å². The van der Waals surface area contributed by atoms with Gasteiger partial charge in [-0.1, -0.05) is 54.1 Å². The van der Waals surface area contributed by atoms with Crippen molar-refractivity contribution in [2.24, 2.45) is 0 Å². The van der Waals surface area contributed by atoms with Gasteiger partial charge in [-0.3, -0.25) is 0 Å². The fourth-order valence-corrected chi connectivity index (χ4v) is 2.21. The largest absolute Gasteiger partial charge is 0.496 e. The van der Waals surface area contributed by atoms with E-state index in [1.54, 1.807) is 7.11 Å². The van der Waals surface area contributed by atoms with Gasteiger partial charge in [0, 0.05) is 11.6 Å². The highest BCUT2D eigenvalue weighted by Gasteiger charge is 1.99. The van der Waals surface area contributed by atoms with Crippen LogP contribution in [0.3, 0.4) is 0 Å². The van der Waals surface area contributed by atoms with Gasteiger partial charge in [-0.05, 0) is 42.3 Å². The molecule has 0 fully saturated rings. The Labute approximate surface area is 131 Å². The molecule has 110 valence electrons. The third-order valence-electron chi connectivity index (χ3n) is 3.21. The lowest BCUT2D eigenvalue weighted by Crippen LogP contribution is -2.17. The molecule has 0 heterocycles. The summed E-state index contributed by atoms with van der Waals surface area (Å²) in [5.74, 6) is 0.955. The summed E-state index contributed by atoms with van der Waals surface area (Å²) < 4.78 is 5.34. The van der Waals surface area contributed by atoms with Crippen LogP contribution in [0.15, 0.2) is 54.6 Å². The van der Waals surface area contributed by atoms with Gasteiger partial charge in [-0.25, -0.2) is 0 Å². The van der Waals surface area contributed by atoms with Gasteiger partial charge in [0.1, 0.15) is 5.75 Å². The predicted molar refractivity (Wildman–Crippen MR) is 90.1 cm³/mol. The average Bonchev–Trinajstić information content (AvgIpc) is 2.53. The summed E-state index contributed by atoms with van der Waals surface area (Å²) in [4.78, 5) is 0. The van der Waals surface area contributed by atoms with Gasteiger partial charge in [0.2, 0.25) is 0 Å². The smallest absolute Gasteiger partial charge is 0.122 e. The average molecular weight is 302 g/mol. The van der Waals surface area contributed by atoms with Crippen molar-refractivity contribution in [3.8, 4) is 5.75 Å². The van der Waals surface area contributed by atoms with Crippen molar-refractivity contribution in [3.63, 3.8) is 0 Å². The highest BCUT2D eigenvalue weighted by Crippen LogP contribution is 2.17. The molecule has 0 saturated heterocycles. The molecule has 0 spiro atoms. The lowest BCUT2D eigenvalue weighted by Gasteiger charge is -2.08. The zero-order valence-corrected chi connectivity index (χ0v) is 12.9. The van der Waals surface area contributed by atoms with Crippen LogP contribution in [0.4, 0.5) is 0 Å². The van der Waals surface area contributed by atoms with E-state index in [1.807, 2.05) is 42.5 Å². The molecule has 0 unspecified atom stereocenters. The molecule has 0 bridgehead atoms. The monoisotopic (exact) mass is 301 g/mol. The zero-order valence-electron chi connectivity index (χ0n) is 12.2. The van der Waals surface area contributed by atoms with Crippen LogP contribution in [-0.2, 0) is 6.42 Å². The molecule has 0 atom stereocenters. The SMILES string of the molecule is COc1ccccc1CCNC/C=C/c1ccc(Cl)cc1. The molecule has 0 radical (unpaired) electrons. The summed E-state index contributed by atoms with van der Waals surface area (Å²) >= 11 is 5.85. The third kappa shape index (κ3) is 5.25. The predicted octanol–water partition coefficient (Wildman–Crippen LogP) is 4.19. The molecule has 2 nitrogen and oxygen atoms in total. The van der Waals surface area contributed by atoms with E-state index in [4.69, 9.17) is 16.3 Å². The summed E-state index contributed by atoms with van der Waals surface area (Å²) in [7, 11) is 1.71. The third-order valence-corrected chi connectivity index (χ3v) is 3.46. The van der Waals surface area contributed by atoms with Crippen LogP contribution in [0.25, 0.3) is 6.08 Å². The summed E-state index contributed by atoms with van der Waals surface area (Å²) in [6.45, 7) is 1.77. The Morgan fingerprint density at radius 1 is 1.10 bits per heavy atom. The second-order valence-corrected chi connectivity index (χ2v) is 5.16. The van der Waals surface area contributed by atoms with Crippen molar-refractivity contribution in [1.82, 2.24) is 5.32 Å². The number of ether oxygens (including phenoxy) is 1. The first-order valence-electron chi connectivity index (χ1n) is 7.04. The molecule has 0 aliphatic rings. The van der Waals surface area contributed by atoms with Gasteiger partial charge in [0.15, 0.2) is 0 Å². The Morgan fingerprint density at radius 3 is 2.62 bits per heavy atom. The number of rotatable bonds is 7. The van der Waals surface area contributed by atoms with Crippen molar-refractivity contribution >= 4 is 17.7 Å². The van der Waals surface area contributed by atoms with E-state index >= 15 is 0 Å². The molecule has 2 rings (SSSR count). The van der Waals surface area contributed by atoms with Gasteiger partial charge < -0.3 is 10.1 Å². The molecular formula is C18H20ClNO. The van der Waals surface area contributed by atoms with Gasteiger partial charge in [0.25, 0.3) is 0 Å². The topological polar surface area (TPSA) is 21.3 Å². The van der Waals surface area contributed by atoms with Crippen LogP contribution in [-0.4, -0.2) is 20.2 Å². The van der Waals surface area contributed by atoms with E-state index < -0.39 is 0 Å². The Kier molecular flexibility index (Phi) is 6.32. The van der Waals surface area contributed by atoms with Crippen molar-refractivity contribution in [1.29, 1.82) is 0 Å². The molecule has 0 saturated carbocycles. The molecule has 0 aliphatic carbocycles. The lowest BCUT2D eigenvalue weighted by atomic mass is 10.1. The first-order chi connectivity index (χ1) is 10.3. The van der Waals surface area contributed by atoms with Crippen LogP contribution in [0.1, 0.15) is 11.1 Å².